The summed E-state index contributed by atoms with van der Waals surface area (Å²) in [5, 5.41) is 1.92. The van der Waals surface area contributed by atoms with Crippen molar-refractivity contribution in [2.75, 3.05) is 0 Å². The molecule has 0 radical (unpaired) electrons. The van der Waals surface area contributed by atoms with Crippen molar-refractivity contribution in [2.24, 2.45) is 5.73 Å². The van der Waals surface area contributed by atoms with E-state index in [0.29, 0.717) is 12.0 Å². The highest BCUT2D eigenvalue weighted by Gasteiger charge is 2.33. The molecule has 0 fully saturated rings. The first-order chi connectivity index (χ1) is 9.27. The van der Waals surface area contributed by atoms with E-state index in [0.717, 1.165) is 15.4 Å². The molecule has 7 heteroatoms. The number of benzene rings is 1. The fourth-order valence-electron chi connectivity index (χ4n) is 1.79. The zero-order valence-corrected chi connectivity index (χ0v) is 14.0. The predicted molar refractivity (Wildman–Crippen MR) is 81.8 cm³/mol. The Labute approximate surface area is 135 Å². The summed E-state index contributed by atoms with van der Waals surface area (Å²) < 4.78 is 39.5. The van der Waals surface area contributed by atoms with Crippen LogP contribution in [-0.4, -0.2) is 0 Å². The fraction of sp³-hybridized carbons (Fsp3) is 0.231. The average molecular weight is 429 g/mol. The Balaban J connectivity index is 2.24. The van der Waals surface area contributed by atoms with Gasteiger partial charge in [0.1, 0.15) is 0 Å². The van der Waals surface area contributed by atoms with Crippen LogP contribution in [0.15, 0.2) is 38.6 Å². The molecule has 1 atom stereocenters. The lowest BCUT2D eigenvalue weighted by Gasteiger charge is -2.15. The van der Waals surface area contributed by atoms with E-state index in [4.69, 9.17) is 5.73 Å². The summed E-state index contributed by atoms with van der Waals surface area (Å²) >= 11 is 7.79. The lowest BCUT2D eigenvalue weighted by Crippen LogP contribution is -2.15. The number of hydrogen-bond acceptors (Lipinski definition) is 2. The molecule has 0 aliphatic heterocycles. The Hall–Kier alpha value is -0.370. The SMILES string of the molecule is NC(Cc1cc(Br)cs1)c1ccc(Br)c(C(F)(F)F)c1. The molecule has 2 N–H and O–H groups in total. The number of halogens is 5. The number of alkyl halides is 3. The minimum absolute atomic E-state index is 0.0276. The van der Waals surface area contributed by atoms with E-state index in [1.807, 2.05) is 11.4 Å². The molecule has 0 spiro atoms. The Morgan fingerprint density at radius 1 is 1.20 bits per heavy atom. The topological polar surface area (TPSA) is 26.0 Å². The number of nitrogens with two attached hydrogens (primary N) is 1. The third-order valence-corrected chi connectivity index (χ3v) is 5.18. The molecule has 2 aromatic rings. The van der Waals surface area contributed by atoms with Crippen LogP contribution in [0, 0.1) is 0 Å². The van der Waals surface area contributed by atoms with Gasteiger partial charge in [-0.1, -0.05) is 22.0 Å². The zero-order chi connectivity index (χ0) is 14.9. The molecule has 20 heavy (non-hydrogen) atoms. The first-order valence-corrected chi connectivity index (χ1v) is 8.09. The Kier molecular flexibility index (Phi) is 4.94. The summed E-state index contributed by atoms with van der Waals surface area (Å²) in [7, 11) is 0. The van der Waals surface area contributed by atoms with Crippen molar-refractivity contribution >= 4 is 43.2 Å². The lowest BCUT2D eigenvalue weighted by atomic mass is 10.0. The third kappa shape index (κ3) is 3.84. The van der Waals surface area contributed by atoms with Crippen LogP contribution in [0.3, 0.4) is 0 Å². The number of rotatable bonds is 3. The Morgan fingerprint density at radius 2 is 1.90 bits per heavy atom. The highest BCUT2D eigenvalue weighted by atomic mass is 79.9. The molecule has 0 bridgehead atoms. The zero-order valence-electron chi connectivity index (χ0n) is 10.0. The highest BCUT2D eigenvalue weighted by Crippen LogP contribution is 2.36. The van der Waals surface area contributed by atoms with Crippen molar-refractivity contribution in [2.45, 2.75) is 18.6 Å². The molecule has 0 saturated heterocycles. The smallest absolute Gasteiger partial charge is 0.324 e. The van der Waals surface area contributed by atoms with Crippen molar-refractivity contribution in [1.29, 1.82) is 0 Å². The summed E-state index contributed by atoms with van der Waals surface area (Å²) in [5.74, 6) is 0. The number of hydrogen-bond donors (Lipinski definition) is 1. The van der Waals surface area contributed by atoms with Crippen LogP contribution >= 0.6 is 43.2 Å². The molecule has 1 aromatic heterocycles. The van der Waals surface area contributed by atoms with Gasteiger partial charge in [0.25, 0.3) is 0 Å². The summed E-state index contributed by atoms with van der Waals surface area (Å²) in [5.41, 5.74) is 5.79. The van der Waals surface area contributed by atoms with Crippen LogP contribution < -0.4 is 5.73 Å². The molecule has 0 amide bonds. The number of thiophene rings is 1. The maximum absolute atomic E-state index is 12.8. The van der Waals surface area contributed by atoms with Crippen LogP contribution in [-0.2, 0) is 12.6 Å². The predicted octanol–water partition coefficient (Wildman–Crippen LogP) is 5.53. The van der Waals surface area contributed by atoms with Crippen LogP contribution in [0.1, 0.15) is 22.0 Å². The van der Waals surface area contributed by atoms with E-state index in [-0.39, 0.29) is 4.47 Å². The van der Waals surface area contributed by atoms with E-state index < -0.39 is 17.8 Å². The van der Waals surface area contributed by atoms with Gasteiger partial charge in [-0.3, -0.25) is 0 Å². The van der Waals surface area contributed by atoms with Crippen LogP contribution in [0.25, 0.3) is 0 Å². The molecule has 1 aromatic carbocycles. The van der Waals surface area contributed by atoms with Gasteiger partial charge in [0.05, 0.1) is 5.56 Å². The normalized spacial score (nSPS) is 13.5. The van der Waals surface area contributed by atoms with Gasteiger partial charge in [0.2, 0.25) is 0 Å². The first-order valence-electron chi connectivity index (χ1n) is 5.62. The van der Waals surface area contributed by atoms with Gasteiger partial charge in [-0.25, -0.2) is 0 Å². The van der Waals surface area contributed by atoms with Crippen molar-refractivity contribution in [3.05, 3.63) is 54.6 Å². The monoisotopic (exact) mass is 427 g/mol. The summed E-state index contributed by atoms with van der Waals surface area (Å²) in [6.07, 6.45) is -3.88. The molecule has 0 saturated carbocycles. The summed E-state index contributed by atoms with van der Waals surface area (Å²) in [6, 6.07) is 5.58. The van der Waals surface area contributed by atoms with Crippen molar-refractivity contribution in [3.8, 4) is 0 Å². The third-order valence-electron chi connectivity index (χ3n) is 2.77. The minimum atomic E-state index is -4.39. The second-order valence-electron chi connectivity index (χ2n) is 4.28. The standard InChI is InChI=1S/C13H10Br2F3NS/c14-8-4-9(20-6-8)5-12(19)7-1-2-11(15)10(3-7)13(16,17)18/h1-4,6,12H,5,19H2. The first kappa shape index (κ1) is 16.0. The second kappa shape index (κ2) is 6.17. The van der Waals surface area contributed by atoms with Gasteiger partial charge in [-0.15, -0.1) is 11.3 Å². The molecule has 2 rings (SSSR count). The molecular weight excluding hydrogens is 419 g/mol. The summed E-state index contributed by atoms with van der Waals surface area (Å²) in [6.45, 7) is 0. The van der Waals surface area contributed by atoms with Crippen LogP contribution in [0.2, 0.25) is 0 Å². The highest BCUT2D eigenvalue weighted by molar-refractivity contribution is 9.10. The fourth-order valence-corrected chi connectivity index (χ4v) is 3.77. The maximum Gasteiger partial charge on any atom is 0.417 e. The van der Waals surface area contributed by atoms with E-state index in [2.05, 4.69) is 31.9 Å². The molecule has 0 aliphatic carbocycles. The van der Waals surface area contributed by atoms with Crippen LogP contribution in [0.5, 0.6) is 0 Å². The second-order valence-corrected chi connectivity index (χ2v) is 7.04. The molecule has 108 valence electrons. The minimum Gasteiger partial charge on any atom is -0.324 e. The molecule has 0 aliphatic rings. The maximum atomic E-state index is 12.8. The Morgan fingerprint density at radius 3 is 2.45 bits per heavy atom. The Bertz CT molecular complexity index is 610. The largest absolute Gasteiger partial charge is 0.417 e. The van der Waals surface area contributed by atoms with Crippen molar-refractivity contribution in [1.82, 2.24) is 0 Å². The molecular formula is C13H10Br2F3NS. The van der Waals surface area contributed by atoms with Crippen molar-refractivity contribution < 1.29 is 13.2 Å². The molecule has 1 nitrogen and oxygen atoms in total. The molecule has 1 heterocycles. The van der Waals surface area contributed by atoms with Gasteiger partial charge < -0.3 is 5.73 Å². The van der Waals surface area contributed by atoms with Crippen LogP contribution in [0.4, 0.5) is 13.2 Å². The van der Waals surface area contributed by atoms with E-state index >= 15 is 0 Å². The van der Waals surface area contributed by atoms with E-state index in [1.54, 1.807) is 6.07 Å². The quantitative estimate of drug-likeness (QED) is 0.682. The average Bonchev–Trinajstić information content (AvgIpc) is 2.73. The van der Waals surface area contributed by atoms with Gasteiger partial charge in [-0.2, -0.15) is 13.2 Å². The van der Waals surface area contributed by atoms with E-state index in [1.165, 1.54) is 17.4 Å². The van der Waals surface area contributed by atoms with Gasteiger partial charge in [0, 0.05) is 31.7 Å². The lowest BCUT2D eigenvalue weighted by molar-refractivity contribution is -0.138. The van der Waals surface area contributed by atoms with Gasteiger partial charge in [0.15, 0.2) is 0 Å². The van der Waals surface area contributed by atoms with Crippen molar-refractivity contribution in [3.63, 3.8) is 0 Å². The van der Waals surface area contributed by atoms with E-state index in [9.17, 15) is 13.2 Å². The summed E-state index contributed by atoms with van der Waals surface area (Å²) in [4.78, 5) is 1.03. The van der Waals surface area contributed by atoms with Gasteiger partial charge in [-0.05, 0) is 39.7 Å². The molecule has 1 unspecified atom stereocenters. The van der Waals surface area contributed by atoms with Gasteiger partial charge >= 0.3 is 6.18 Å².